The molecular weight excluding hydrogens is 389 g/mol. The fourth-order valence-corrected chi connectivity index (χ4v) is 4.47. The van der Waals surface area contributed by atoms with E-state index in [1.807, 2.05) is 30.4 Å². The van der Waals surface area contributed by atoms with Gasteiger partial charge in [-0.25, -0.2) is 0 Å². The van der Waals surface area contributed by atoms with Crippen LogP contribution in [0.15, 0.2) is 42.6 Å². The Morgan fingerprint density at radius 1 is 1.15 bits per heavy atom. The number of hydrogen-bond acceptors (Lipinski definition) is 3. The predicted molar refractivity (Wildman–Crippen MR) is 102 cm³/mol. The SMILES string of the molecule is O=C(Nc1nn(Cc2ccccc2Cl)cc1Cl)[C@@H]1[C@H](C(=O)O)[C@H]2C=C[C@H]1C2. The van der Waals surface area contributed by atoms with Crippen LogP contribution in [0.3, 0.4) is 0 Å². The van der Waals surface area contributed by atoms with Crippen molar-refractivity contribution >= 4 is 40.9 Å². The topological polar surface area (TPSA) is 84.2 Å². The Balaban J connectivity index is 1.51. The van der Waals surface area contributed by atoms with Crippen molar-refractivity contribution in [2.24, 2.45) is 23.7 Å². The largest absolute Gasteiger partial charge is 0.481 e. The number of nitrogens with one attached hydrogen (secondary N) is 1. The first kappa shape index (κ1) is 18.1. The summed E-state index contributed by atoms with van der Waals surface area (Å²) in [6.45, 7) is 0.407. The van der Waals surface area contributed by atoms with Gasteiger partial charge in [-0.05, 0) is 29.9 Å². The van der Waals surface area contributed by atoms with Gasteiger partial charge in [0.1, 0.15) is 5.02 Å². The molecule has 1 aromatic heterocycles. The van der Waals surface area contributed by atoms with Crippen LogP contribution in [0.2, 0.25) is 10.0 Å². The lowest BCUT2D eigenvalue weighted by Crippen LogP contribution is -2.36. The van der Waals surface area contributed by atoms with E-state index in [1.54, 1.807) is 16.9 Å². The summed E-state index contributed by atoms with van der Waals surface area (Å²) in [6.07, 6.45) is 6.14. The van der Waals surface area contributed by atoms with Crippen molar-refractivity contribution in [2.45, 2.75) is 13.0 Å². The summed E-state index contributed by atoms with van der Waals surface area (Å²) in [6, 6.07) is 7.40. The molecule has 27 heavy (non-hydrogen) atoms. The van der Waals surface area contributed by atoms with E-state index < -0.39 is 17.8 Å². The molecule has 0 unspecified atom stereocenters. The zero-order valence-corrected chi connectivity index (χ0v) is 15.7. The number of carboxylic acid groups (broad SMARTS) is 1. The van der Waals surface area contributed by atoms with Gasteiger partial charge in [0.2, 0.25) is 5.91 Å². The summed E-state index contributed by atoms with van der Waals surface area (Å²) < 4.78 is 1.59. The molecule has 2 bridgehead atoms. The molecule has 1 saturated carbocycles. The van der Waals surface area contributed by atoms with Gasteiger partial charge in [0.15, 0.2) is 5.82 Å². The van der Waals surface area contributed by atoms with Crippen molar-refractivity contribution in [3.8, 4) is 0 Å². The molecule has 4 atom stereocenters. The van der Waals surface area contributed by atoms with Gasteiger partial charge in [-0.2, -0.15) is 5.10 Å². The second-order valence-electron chi connectivity index (χ2n) is 6.94. The Kier molecular flexibility index (Phi) is 4.70. The molecule has 1 aromatic carbocycles. The van der Waals surface area contributed by atoms with Gasteiger partial charge in [-0.1, -0.05) is 53.6 Å². The molecule has 1 amide bonds. The molecule has 1 heterocycles. The molecule has 0 spiro atoms. The zero-order valence-electron chi connectivity index (χ0n) is 14.2. The highest BCUT2D eigenvalue weighted by Gasteiger charge is 2.51. The third-order valence-corrected chi connectivity index (χ3v) is 5.94. The van der Waals surface area contributed by atoms with E-state index in [0.717, 1.165) is 5.56 Å². The summed E-state index contributed by atoms with van der Waals surface area (Å²) in [5, 5.41) is 17.4. The van der Waals surface area contributed by atoms with Crippen LogP contribution in [-0.2, 0) is 16.1 Å². The van der Waals surface area contributed by atoms with E-state index in [-0.39, 0.29) is 23.6 Å². The standard InChI is InChI=1S/C19H17Cl2N3O3/c20-13-4-2-1-3-12(13)8-24-9-14(21)17(23-24)22-18(25)15-10-5-6-11(7-10)16(15)19(26)27/h1-6,9-11,15-16H,7-8H2,(H,26,27)(H,22,23,25)/t10-,11-,15-,16+/m0/s1. The number of rotatable bonds is 5. The summed E-state index contributed by atoms with van der Waals surface area (Å²) in [4.78, 5) is 24.3. The molecule has 6 nitrogen and oxygen atoms in total. The highest BCUT2D eigenvalue weighted by molar-refractivity contribution is 6.33. The Hall–Kier alpha value is -2.31. The van der Waals surface area contributed by atoms with Crippen LogP contribution in [0, 0.1) is 23.7 Å². The molecule has 0 aliphatic heterocycles. The van der Waals surface area contributed by atoms with E-state index in [4.69, 9.17) is 23.2 Å². The van der Waals surface area contributed by atoms with Crippen LogP contribution >= 0.6 is 23.2 Å². The quantitative estimate of drug-likeness (QED) is 0.742. The van der Waals surface area contributed by atoms with E-state index in [2.05, 4.69) is 10.4 Å². The Bertz CT molecular complexity index is 940. The number of benzene rings is 1. The number of allylic oxidation sites excluding steroid dienone is 2. The third kappa shape index (κ3) is 3.35. The van der Waals surface area contributed by atoms with Gasteiger partial charge in [-0.15, -0.1) is 0 Å². The third-order valence-electron chi connectivity index (χ3n) is 5.30. The van der Waals surface area contributed by atoms with E-state index >= 15 is 0 Å². The summed E-state index contributed by atoms with van der Waals surface area (Å²) in [7, 11) is 0. The maximum absolute atomic E-state index is 12.8. The Morgan fingerprint density at radius 3 is 2.56 bits per heavy atom. The van der Waals surface area contributed by atoms with Crippen molar-refractivity contribution < 1.29 is 14.7 Å². The number of carboxylic acids is 1. The summed E-state index contributed by atoms with van der Waals surface area (Å²) in [5.74, 6) is -2.53. The Morgan fingerprint density at radius 2 is 1.85 bits per heavy atom. The number of halogens is 2. The first-order valence-electron chi connectivity index (χ1n) is 8.62. The number of fused-ring (bicyclic) bond motifs is 2. The van der Waals surface area contributed by atoms with Gasteiger partial charge < -0.3 is 10.4 Å². The highest BCUT2D eigenvalue weighted by atomic mass is 35.5. The van der Waals surface area contributed by atoms with Crippen LogP contribution in [0.1, 0.15) is 12.0 Å². The van der Waals surface area contributed by atoms with Gasteiger partial charge in [0, 0.05) is 11.2 Å². The van der Waals surface area contributed by atoms with E-state index in [9.17, 15) is 14.7 Å². The Labute approximate surface area is 165 Å². The highest BCUT2D eigenvalue weighted by Crippen LogP contribution is 2.48. The maximum atomic E-state index is 12.8. The van der Waals surface area contributed by atoms with Crippen molar-refractivity contribution in [3.05, 3.63) is 58.2 Å². The molecule has 0 radical (unpaired) electrons. The van der Waals surface area contributed by atoms with Gasteiger partial charge in [-0.3, -0.25) is 14.3 Å². The molecule has 8 heteroatoms. The van der Waals surface area contributed by atoms with Gasteiger partial charge >= 0.3 is 5.97 Å². The second kappa shape index (κ2) is 7.02. The number of carbonyl (C=O) groups excluding carboxylic acids is 1. The van der Waals surface area contributed by atoms with Crippen LogP contribution in [0.25, 0.3) is 0 Å². The first-order chi connectivity index (χ1) is 12.9. The molecule has 2 N–H and O–H groups in total. The number of aromatic nitrogens is 2. The van der Waals surface area contributed by atoms with Crippen molar-refractivity contribution in [1.29, 1.82) is 0 Å². The molecule has 4 rings (SSSR count). The van der Waals surface area contributed by atoms with Crippen LogP contribution in [-0.4, -0.2) is 26.8 Å². The van der Waals surface area contributed by atoms with Crippen LogP contribution in [0.4, 0.5) is 5.82 Å². The minimum atomic E-state index is -0.942. The minimum Gasteiger partial charge on any atom is -0.481 e. The molecule has 2 aliphatic rings. The molecular formula is C19H17Cl2N3O3. The average Bonchev–Trinajstić information content (AvgIpc) is 3.32. The fraction of sp³-hybridized carbons (Fsp3) is 0.316. The fourth-order valence-electron chi connectivity index (χ4n) is 4.08. The van der Waals surface area contributed by atoms with E-state index in [0.29, 0.717) is 23.0 Å². The average molecular weight is 406 g/mol. The lowest BCUT2D eigenvalue weighted by Gasteiger charge is -2.23. The normalized spacial score (nSPS) is 25.7. The number of amides is 1. The predicted octanol–water partition coefficient (Wildman–Crippen LogP) is 3.70. The molecule has 0 saturated heterocycles. The number of nitrogens with zero attached hydrogens (tertiary/aromatic N) is 2. The number of carbonyl (C=O) groups is 2. The first-order valence-corrected chi connectivity index (χ1v) is 9.38. The smallest absolute Gasteiger partial charge is 0.307 e. The lowest BCUT2D eigenvalue weighted by atomic mass is 9.82. The molecule has 140 valence electrons. The van der Waals surface area contributed by atoms with Gasteiger partial charge in [0.25, 0.3) is 0 Å². The van der Waals surface area contributed by atoms with Gasteiger partial charge in [0.05, 0.1) is 18.4 Å². The molecule has 1 fully saturated rings. The number of aliphatic carboxylic acids is 1. The zero-order chi connectivity index (χ0) is 19.1. The number of anilines is 1. The summed E-state index contributed by atoms with van der Waals surface area (Å²) in [5.41, 5.74) is 0.875. The van der Waals surface area contributed by atoms with Crippen molar-refractivity contribution in [3.63, 3.8) is 0 Å². The second-order valence-corrected chi connectivity index (χ2v) is 7.76. The monoisotopic (exact) mass is 405 g/mol. The summed E-state index contributed by atoms with van der Waals surface area (Å²) >= 11 is 12.4. The lowest BCUT2D eigenvalue weighted by molar-refractivity contribution is -0.146. The molecule has 2 aliphatic carbocycles. The van der Waals surface area contributed by atoms with Crippen LogP contribution < -0.4 is 5.32 Å². The molecule has 2 aromatic rings. The number of hydrogen-bond donors (Lipinski definition) is 2. The van der Waals surface area contributed by atoms with Crippen molar-refractivity contribution in [2.75, 3.05) is 5.32 Å². The minimum absolute atomic E-state index is 0.0555. The maximum Gasteiger partial charge on any atom is 0.307 e. The van der Waals surface area contributed by atoms with Crippen LogP contribution in [0.5, 0.6) is 0 Å². The van der Waals surface area contributed by atoms with E-state index in [1.165, 1.54) is 0 Å². The van der Waals surface area contributed by atoms with Crippen molar-refractivity contribution in [1.82, 2.24) is 9.78 Å².